The highest BCUT2D eigenvalue weighted by Gasteiger charge is 2.22. The van der Waals surface area contributed by atoms with E-state index in [1.807, 2.05) is 97.1 Å². The first-order valence-electron chi connectivity index (χ1n) is 11.8. The van der Waals surface area contributed by atoms with E-state index >= 15 is 0 Å². The second-order valence-corrected chi connectivity index (χ2v) is 10.3. The van der Waals surface area contributed by atoms with Gasteiger partial charge >= 0.3 is 0 Å². The highest BCUT2D eigenvalue weighted by molar-refractivity contribution is 9.10. The van der Waals surface area contributed by atoms with Gasteiger partial charge in [0, 0.05) is 12.8 Å². The topological polar surface area (TPSA) is 58.9 Å². The quantitative estimate of drug-likeness (QED) is 0.194. The van der Waals surface area contributed by atoms with Crippen molar-refractivity contribution in [1.82, 2.24) is 0 Å². The van der Waals surface area contributed by atoms with Gasteiger partial charge in [-0.1, -0.05) is 84.9 Å². The Bertz CT molecular complexity index is 1150. The van der Waals surface area contributed by atoms with Crippen molar-refractivity contribution in [1.29, 1.82) is 0 Å². The fourth-order valence-corrected chi connectivity index (χ4v) is 4.98. The van der Waals surface area contributed by atoms with E-state index in [9.17, 15) is 10.2 Å². The van der Waals surface area contributed by atoms with Crippen molar-refractivity contribution in [2.24, 2.45) is 0 Å². The van der Waals surface area contributed by atoms with Crippen LogP contribution < -0.4 is 9.47 Å². The molecule has 0 radical (unpaired) electrons. The molecule has 0 saturated heterocycles. The lowest BCUT2D eigenvalue weighted by Gasteiger charge is -2.22. The van der Waals surface area contributed by atoms with Gasteiger partial charge in [0.2, 0.25) is 0 Å². The predicted octanol–water partition coefficient (Wildman–Crippen LogP) is 6.88. The molecule has 186 valence electrons. The molecule has 4 aromatic carbocycles. The van der Waals surface area contributed by atoms with Crippen LogP contribution in [0.15, 0.2) is 106 Å². The highest BCUT2D eigenvalue weighted by atomic mass is 79.9. The monoisotopic (exact) mass is 610 g/mol. The summed E-state index contributed by atoms with van der Waals surface area (Å²) in [4.78, 5) is 0. The van der Waals surface area contributed by atoms with Gasteiger partial charge in [-0.3, -0.25) is 0 Å². The van der Waals surface area contributed by atoms with Crippen molar-refractivity contribution in [3.63, 3.8) is 0 Å². The normalized spacial score (nSPS) is 12.7. The van der Waals surface area contributed by atoms with Crippen LogP contribution in [0.1, 0.15) is 22.3 Å². The van der Waals surface area contributed by atoms with Gasteiger partial charge in [0.05, 0.1) is 21.2 Å². The minimum Gasteiger partial charge on any atom is -0.487 e. The smallest absolute Gasteiger partial charge is 0.137 e. The molecular formula is C30H28Br2O4. The van der Waals surface area contributed by atoms with E-state index in [1.165, 1.54) is 0 Å². The zero-order chi connectivity index (χ0) is 25.3. The third-order valence-corrected chi connectivity index (χ3v) is 7.10. The summed E-state index contributed by atoms with van der Waals surface area (Å²) in [6.45, 7) is 0.824. The van der Waals surface area contributed by atoms with Crippen LogP contribution in [0.25, 0.3) is 0 Å². The molecule has 2 atom stereocenters. The molecule has 0 heterocycles. The van der Waals surface area contributed by atoms with E-state index in [1.54, 1.807) is 0 Å². The number of aliphatic hydroxyl groups excluding tert-OH is 2. The first-order chi connectivity index (χ1) is 17.5. The minimum atomic E-state index is -0.987. The van der Waals surface area contributed by atoms with Gasteiger partial charge in [-0.15, -0.1) is 0 Å². The summed E-state index contributed by atoms with van der Waals surface area (Å²) in [6, 6.07) is 31.3. The number of hydrogen-bond acceptors (Lipinski definition) is 4. The van der Waals surface area contributed by atoms with Crippen LogP contribution in [0.5, 0.6) is 11.5 Å². The molecule has 0 unspecified atom stereocenters. The summed E-state index contributed by atoms with van der Waals surface area (Å²) in [5.74, 6) is 1.34. The van der Waals surface area contributed by atoms with Crippen LogP contribution in [-0.4, -0.2) is 22.4 Å². The molecule has 6 heteroatoms. The Morgan fingerprint density at radius 2 is 0.917 bits per heavy atom. The summed E-state index contributed by atoms with van der Waals surface area (Å²) < 4.78 is 13.8. The number of para-hydroxylation sites is 2. The van der Waals surface area contributed by atoms with Crippen LogP contribution in [-0.2, 0) is 26.1 Å². The molecule has 0 fully saturated rings. The minimum absolute atomic E-state index is 0.249. The average Bonchev–Trinajstić information content (AvgIpc) is 2.89. The van der Waals surface area contributed by atoms with E-state index < -0.39 is 12.2 Å². The molecule has 2 N–H and O–H groups in total. The Labute approximate surface area is 228 Å². The molecule has 0 aliphatic heterocycles. The van der Waals surface area contributed by atoms with Crippen LogP contribution in [0.3, 0.4) is 0 Å². The molecule has 0 aliphatic rings. The molecule has 4 rings (SSSR count). The van der Waals surface area contributed by atoms with E-state index in [4.69, 9.17) is 9.47 Å². The van der Waals surface area contributed by atoms with Crippen molar-refractivity contribution in [3.8, 4) is 11.5 Å². The fraction of sp³-hybridized carbons (Fsp3) is 0.200. The van der Waals surface area contributed by atoms with Crippen LogP contribution in [0.4, 0.5) is 0 Å². The first-order valence-corrected chi connectivity index (χ1v) is 13.3. The van der Waals surface area contributed by atoms with E-state index in [0.29, 0.717) is 24.7 Å². The molecule has 0 aromatic heterocycles. The van der Waals surface area contributed by atoms with Gasteiger partial charge in [0.15, 0.2) is 0 Å². The molecule has 4 aromatic rings. The SMILES string of the molecule is O[C@H](Cc1cccc(Br)c1OCc1ccccc1)[C@H](O)Cc1cccc(Br)c1OCc1ccccc1. The second-order valence-electron chi connectivity index (χ2n) is 8.55. The van der Waals surface area contributed by atoms with Crippen molar-refractivity contribution in [3.05, 3.63) is 128 Å². The van der Waals surface area contributed by atoms with Crippen LogP contribution in [0, 0.1) is 0 Å². The van der Waals surface area contributed by atoms with Crippen molar-refractivity contribution < 1.29 is 19.7 Å². The number of rotatable bonds is 11. The summed E-state index contributed by atoms with van der Waals surface area (Å²) in [7, 11) is 0. The molecule has 0 aliphatic carbocycles. The number of ether oxygens (including phenoxy) is 2. The van der Waals surface area contributed by atoms with Crippen LogP contribution >= 0.6 is 31.9 Å². The third kappa shape index (κ3) is 7.20. The maximum absolute atomic E-state index is 10.9. The fourth-order valence-electron chi connectivity index (χ4n) is 3.93. The molecular weight excluding hydrogens is 584 g/mol. The Kier molecular flexibility index (Phi) is 9.59. The maximum Gasteiger partial charge on any atom is 0.137 e. The maximum atomic E-state index is 10.9. The van der Waals surface area contributed by atoms with E-state index in [-0.39, 0.29) is 12.8 Å². The summed E-state index contributed by atoms with van der Waals surface area (Å²) in [5, 5.41) is 21.9. The second kappa shape index (κ2) is 13.1. The van der Waals surface area contributed by atoms with Gasteiger partial charge in [0.25, 0.3) is 0 Å². The lowest BCUT2D eigenvalue weighted by molar-refractivity contribution is 0.0198. The van der Waals surface area contributed by atoms with Gasteiger partial charge in [-0.05, 0) is 66.2 Å². The predicted molar refractivity (Wildman–Crippen MR) is 149 cm³/mol. The van der Waals surface area contributed by atoms with Crippen molar-refractivity contribution in [2.75, 3.05) is 0 Å². The highest BCUT2D eigenvalue weighted by Crippen LogP contribution is 2.33. The molecule has 4 nitrogen and oxygen atoms in total. The molecule has 0 amide bonds. The first kappa shape index (κ1) is 26.4. The van der Waals surface area contributed by atoms with Crippen LogP contribution in [0.2, 0.25) is 0 Å². The van der Waals surface area contributed by atoms with Gasteiger partial charge in [-0.2, -0.15) is 0 Å². The Morgan fingerprint density at radius 3 is 1.31 bits per heavy atom. The van der Waals surface area contributed by atoms with Crippen molar-refractivity contribution in [2.45, 2.75) is 38.3 Å². The molecule has 0 spiro atoms. The Hall–Kier alpha value is -2.64. The Balaban J connectivity index is 1.43. The zero-order valence-electron chi connectivity index (χ0n) is 19.7. The average molecular weight is 612 g/mol. The van der Waals surface area contributed by atoms with Gasteiger partial charge < -0.3 is 19.7 Å². The largest absolute Gasteiger partial charge is 0.487 e. The molecule has 0 bridgehead atoms. The Morgan fingerprint density at radius 1 is 0.528 bits per heavy atom. The number of aliphatic hydroxyl groups is 2. The van der Waals surface area contributed by atoms with Crippen molar-refractivity contribution >= 4 is 31.9 Å². The number of hydrogen-bond donors (Lipinski definition) is 2. The zero-order valence-corrected chi connectivity index (χ0v) is 22.9. The van der Waals surface area contributed by atoms with E-state index in [0.717, 1.165) is 31.2 Å². The molecule has 0 saturated carbocycles. The molecule has 36 heavy (non-hydrogen) atoms. The van der Waals surface area contributed by atoms with Gasteiger partial charge in [0.1, 0.15) is 24.7 Å². The van der Waals surface area contributed by atoms with Gasteiger partial charge in [-0.25, -0.2) is 0 Å². The lowest BCUT2D eigenvalue weighted by Crippen LogP contribution is -2.30. The number of benzene rings is 4. The van der Waals surface area contributed by atoms with E-state index in [2.05, 4.69) is 31.9 Å². The lowest BCUT2D eigenvalue weighted by atomic mass is 9.97. The third-order valence-electron chi connectivity index (χ3n) is 5.85. The summed E-state index contributed by atoms with van der Waals surface area (Å²) >= 11 is 7.13. The summed E-state index contributed by atoms with van der Waals surface area (Å²) in [6.07, 6.45) is -1.48. The summed E-state index contributed by atoms with van der Waals surface area (Å²) in [5.41, 5.74) is 3.75. The standard InChI is InChI=1S/C30H28Br2O4/c31-25-15-7-13-23(29(25)35-19-21-9-3-1-4-10-21)17-27(33)28(34)18-24-14-8-16-26(32)30(24)36-20-22-11-5-2-6-12-22/h1-16,27-28,33-34H,17-20H2/t27-,28-/m1/s1. The number of halogens is 2.